The number of anilines is 2. The maximum absolute atomic E-state index is 11.6. The van der Waals surface area contributed by atoms with E-state index < -0.39 is 9.84 Å². The third kappa shape index (κ3) is 5.48. The molecule has 0 aromatic heterocycles. The van der Waals surface area contributed by atoms with Crippen LogP contribution in [-0.4, -0.2) is 25.8 Å². The number of sulfone groups is 1. The van der Waals surface area contributed by atoms with Gasteiger partial charge in [0.05, 0.1) is 16.5 Å². The smallest absolute Gasteiger partial charge is 0.225 e. The van der Waals surface area contributed by atoms with Gasteiger partial charge in [-0.05, 0) is 24.6 Å². The first-order chi connectivity index (χ1) is 8.84. The van der Waals surface area contributed by atoms with E-state index >= 15 is 0 Å². The second-order valence-electron chi connectivity index (χ2n) is 4.19. The molecule has 0 radical (unpaired) electrons. The molecule has 0 bridgehead atoms. The predicted octanol–water partition coefficient (Wildman–Crippen LogP) is 2.08. The van der Waals surface area contributed by atoms with Gasteiger partial charge in [0.25, 0.3) is 0 Å². The number of carbonyl (C=O) groups is 1. The Bertz CT molecular complexity index is 558. The van der Waals surface area contributed by atoms with Crippen LogP contribution in [0.15, 0.2) is 18.2 Å². The Morgan fingerprint density at radius 2 is 2.05 bits per heavy atom. The fourth-order valence-electron chi connectivity index (χ4n) is 1.51. The molecule has 0 heterocycles. The summed E-state index contributed by atoms with van der Waals surface area (Å²) in [5.74, 6) is -0.398. The number of benzene rings is 1. The van der Waals surface area contributed by atoms with Crippen molar-refractivity contribution in [2.75, 3.05) is 22.6 Å². The SMILES string of the molecule is CCCS(=O)(=O)CCC(=O)Nc1ccc(Cl)c(N)c1. The number of nitrogens with two attached hydrogens (primary N) is 1. The number of amides is 1. The molecule has 0 spiro atoms. The molecule has 1 aromatic carbocycles. The van der Waals surface area contributed by atoms with Crippen LogP contribution in [0.2, 0.25) is 5.02 Å². The van der Waals surface area contributed by atoms with Crippen molar-refractivity contribution in [3.05, 3.63) is 23.2 Å². The van der Waals surface area contributed by atoms with Crippen molar-refractivity contribution in [3.8, 4) is 0 Å². The molecule has 106 valence electrons. The van der Waals surface area contributed by atoms with E-state index in [0.717, 1.165) is 0 Å². The van der Waals surface area contributed by atoms with E-state index in [1.807, 2.05) is 0 Å². The highest BCUT2D eigenvalue weighted by Crippen LogP contribution is 2.22. The van der Waals surface area contributed by atoms with Gasteiger partial charge in [0, 0.05) is 17.9 Å². The maximum Gasteiger partial charge on any atom is 0.225 e. The van der Waals surface area contributed by atoms with Gasteiger partial charge in [0.1, 0.15) is 0 Å². The number of hydrogen-bond acceptors (Lipinski definition) is 4. The van der Waals surface area contributed by atoms with Gasteiger partial charge in [0.15, 0.2) is 9.84 Å². The summed E-state index contributed by atoms with van der Waals surface area (Å²) in [5, 5.41) is 2.99. The molecule has 1 amide bonds. The van der Waals surface area contributed by atoms with Gasteiger partial charge in [-0.3, -0.25) is 4.79 Å². The van der Waals surface area contributed by atoms with Gasteiger partial charge in [-0.2, -0.15) is 0 Å². The van der Waals surface area contributed by atoms with Crippen molar-refractivity contribution in [3.63, 3.8) is 0 Å². The summed E-state index contributed by atoms with van der Waals surface area (Å²) in [6.45, 7) is 1.79. The Morgan fingerprint density at radius 1 is 1.37 bits per heavy atom. The molecule has 0 saturated carbocycles. The molecular formula is C12H17ClN2O3S. The Morgan fingerprint density at radius 3 is 2.63 bits per heavy atom. The largest absolute Gasteiger partial charge is 0.397 e. The summed E-state index contributed by atoms with van der Waals surface area (Å²) in [4.78, 5) is 11.6. The Labute approximate surface area is 118 Å². The lowest BCUT2D eigenvalue weighted by Gasteiger charge is -2.07. The van der Waals surface area contributed by atoms with Crippen LogP contribution in [0.5, 0.6) is 0 Å². The number of nitrogen functional groups attached to an aromatic ring is 1. The number of nitrogens with one attached hydrogen (secondary N) is 1. The first-order valence-corrected chi connectivity index (χ1v) is 8.09. The average molecular weight is 305 g/mol. The molecule has 1 rings (SSSR count). The normalized spacial score (nSPS) is 11.3. The Kier molecular flexibility index (Phi) is 5.62. The van der Waals surface area contributed by atoms with Crippen LogP contribution in [0.4, 0.5) is 11.4 Å². The standard InChI is InChI=1S/C12H17ClN2O3S/c1-2-6-19(17,18)7-5-12(16)15-9-3-4-10(13)11(14)8-9/h3-4,8H,2,5-7,14H2,1H3,(H,15,16). The minimum Gasteiger partial charge on any atom is -0.397 e. The summed E-state index contributed by atoms with van der Waals surface area (Å²) in [6, 6.07) is 4.71. The van der Waals surface area contributed by atoms with Crippen molar-refractivity contribution < 1.29 is 13.2 Å². The number of halogens is 1. The second kappa shape index (κ2) is 6.77. The Hall–Kier alpha value is -1.27. The number of rotatable bonds is 6. The molecule has 7 heteroatoms. The third-order valence-electron chi connectivity index (χ3n) is 2.44. The van der Waals surface area contributed by atoms with Crippen molar-refractivity contribution in [1.29, 1.82) is 0 Å². The zero-order valence-corrected chi connectivity index (χ0v) is 12.2. The lowest BCUT2D eigenvalue weighted by atomic mass is 10.2. The first kappa shape index (κ1) is 15.8. The molecule has 0 fully saturated rings. The van der Waals surface area contributed by atoms with Gasteiger partial charge >= 0.3 is 0 Å². The second-order valence-corrected chi connectivity index (χ2v) is 6.90. The molecule has 0 saturated heterocycles. The van der Waals surface area contributed by atoms with Crippen molar-refractivity contribution in [2.24, 2.45) is 0 Å². The van der Waals surface area contributed by atoms with Gasteiger partial charge in [0.2, 0.25) is 5.91 Å². The van der Waals surface area contributed by atoms with Crippen LogP contribution >= 0.6 is 11.6 Å². The number of carbonyl (C=O) groups excluding carboxylic acids is 1. The Balaban J connectivity index is 2.54. The van der Waals surface area contributed by atoms with E-state index in [2.05, 4.69) is 5.32 Å². The van der Waals surface area contributed by atoms with Gasteiger partial charge in [-0.15, -0.1) is 0 Å². The zero-order valence-electron chi connectivity index (χ0n) is 10.6. The molecule has 0 atom stereocenters. The van der Waals surface area contributed by atoms with Crippen LogP contribution in [0.3, 0.4) is 0 Å². The fourth-order valence-corrected chi connectivity index (χ4v) is 2.95. The highest BCUT2D eigenvalue weighted by atomic mass is 35.5. The van der Waals surface area contributed by atoms with Crippen LogP contribution in [0.1, 0.15) is 19.8 Å². The van der Waals surface area contributed by atoms with E-state index in [0.29, 0.717) is 22.8 Å². The fraction of sp³-hybridized carbons (Fsp3) is 0.417. The first-order valence-electron chi connectivity index (χ1n) is 5.89. The molecule has 0 aliphatic heterocycles. The monoisotopic (exact) mass is 304 g/mol. The molecule has 5 nitrogen and oxygen atoms in total. The highest BCUT2D eigenvalue weighted by Gasteiger charge is 2.12. The minimum atomic E-state index is -3.14. The van der Waals surface area contributed by atoms with E-state index in [4.69, 9.17) is 17.3 Å². The van der Waals surface area contributed by atoms with Crippen LogP contribution in [0, 0.1) is 0 Å². The molecule has 0 aliphatic rings. The molecule has 0 unspecified atom stereocenters. The summed E-state index contributed by atoms with van der Waals surface area (Å²) in [5.41, 5.74) is 6.46. The van der Waals surface area contributed by atoms with Crippen molar-refractivity contribution in [1.82, 2.24) is 0 Å². The maximum atomic E-state index is 11.6. The van der Waals surface area contributed by atoms with Gasteiger partial charge in [-0.1, -0.05) is 18.5 Å². The predicted molar refractivity (Wildman–Crippen MR) is 78.1 cm³/mol. The zero-order chi connectivity index (χ0) is 14.5. The highest BCUT2D eigenvalue weighted by molar-refractivity contribution is 7.91. The topological polar surface area (TPSA) is 89.3 Å². The molecule has 3 N–H and O–H groups in total. The summed E-state index contributed by atoms with van der Waals surface area (Å²) in [7, 11) is -3.14. The lowest BCUT2D eigenvalue weighted by Crippen LogP contribution is -2.18. The van der Waals surface area contributed by atoms with Crippen LogP contribution in [0.25, 0.3) is 0 Å². The molecule has 0 aliphatic carbocycles. The van der Waals surface area contributed by atoms with Crippen LogP contribution < -0.4 is 11.1 Å². The summed E-state index contributed by atoms with van der Waals surface area (Å²) in [6.07, 6.45) is 0.489. The number of hydrogen-bond donors (Lipinski definition) is 2. The summed E-state index contributed by atoms with van der Waals surface area (Å²) >= 11 is 5.76. The lowest BCUT2D eigenvalue weighted by molar-refractivity contribution is -0.115. The van der Waals surface area contributed by atoms with Crippen LogP contribution in [-0.2, 0) is 14.6 Å². The molecule has 1 aromatic rings. The van der Waals surface area contributed by atoms with Crippen molar-refractivity contribution >= 4 is 38.7 Å². The third-order valence-corrected chi connectivity index (χ3v) is 4.64. The molecule has 19 heavy (non-hydrogen) atoms. The van der Waals surface area contributed by atoms with E-state index in [9.17, 15) is 13.2 Å². The minimum absolute atomic E-state index is 0.0646. The quantitative estimate of drug-likeness (QED) is 0.787. The van der Waals surface area contributed by atoms with Gasteiger partial charge < -0.3 is 11.1 Å². The summed E-state index contributed by atoms with van der Waals surface area (Å²) < 4.78 is 22.9. The van der Waals surface area contributed by atoms with E-state index in [-0.39, 0.29) is 23.8 Å². The van der Waals surface area contributed by atoms with Gasteiger partial charge in [-0.25, -0.2) is 8.42 Å². The van der Waals surface area contributed by atoms with E-state index in [1.165, 1.54) is 6.07 Å². The van der Waals surface area contributed by atoms with E-state index in [1.54, 1.807) is 19.1 Å². The molecular weight excluding hydrogens is 288 g/mol. The average Bonchev–Trinajstić information content (AvgIpc) is 2.32. The van der Waals surface area contributed by atoms with Crippen molar-refractivity contribution in [2.45, 2.75) is 19.8 Å².